The fraction of sp³-hybridized carbons (Fsp3) is 0.423. The predicted molar refractivity (Wildman–Crippen MR) is 128 cm³/mol. The minimum Gasteiger partial charge on any atom is -0.504 e. The summed E-state index contributed by atoms with van der Waals surface area (Å²) >= 11 is 0. The number of methoxy groups -OCH3 is 1. The molecule has 4 rings (SSSR count). The topological polar surface area (TPSA) is 106 Å². The number of rotatable bonds is 2. The van der Waals surface area contributed by atoms with Crippen LogP contribution in [0, 0.1) is 0 Å². The van der Waals surface area contributed by atoms with E-state index in [0.29, 0.717) is 11.3 Å². The normalized spacial score (nSPS) is 18.3. The number of likely N-dealkylation sites (N-methyl/N-ethyl adjacent to an activating group) is 2. The molecule has 2 aromatic carbocycles. The number of hydrogen-bond donors (Lipinski definition) is 1. The van der Waals surface area contributed by atoms with Crippen molar-refractivity contribution in [2.24, 2.45) is 0 Å². The number of phenolic OH excluding ortho intramolecular Hbond substituents is 1. The third-order valence-corrected chi connectivity index (χ3v) is 5.76. The van der Waals surface area contributed by atoms with Gasteiger partial charge in [-0.3, -0.25) is 9.69 Å². The highest BCUT2D eigenvalue weighted by Crippen LogP contribution is 2.33. The molecule has 2 aromatic rings. The molecule has 2 aliphatic heterocycles. The number of aromatic hydroxyl groups is 1. The molecule has 9 heteroatoms. The quantitative estimate of drug-likeness (QED) is 0.650. The molecule has 0 saturated heterocycles. The number of fused-ring (bicyclic) bond motifs is 7. The molecule has 2 heterocycles. The Morgan fingerprint density at radius 3 is 2.31 bits per heavy atom. The van der Waals surface area contributed by atoms with Crippen molar-refractivity contribution in [1.29, 1.82) is 0 Å². The van der Waals surface area contributed by atoms with E-state index in [4.69, 9.17) is 14.2 Å². The second-order valence-corrected chi connectivity index (χ2v) is 9.55. The summed E-state index contributed by atoms with van der Waals surface area (Å²) in [5.41, 5.74) is 0.675. The summed E-state index contributed by atoms with van der Waals surface area (Å²) in [7, 11) is 4.26. The van der Waals surface area contributed by atoms with Crippen molar-refractivity contribution < 1.29 is 33.7 Å². The molecule has 0 aromatic heterocycles. The zero-order valence-corrected chi connectivity index (χ0v) is 20.9. The van der Waals surface area contributed by atoms with Crippen molar-refractivity contribution in [3.8, 4) is 17.2 Å². The molecule has 35 heavy (non-hydrogen) atoms. The van der Waals surface area contributed by atoms with Gasteiger partial charge in [0.1, 0.15) is 23.4 Å². The molecule has 0 unspecified atom stereocenters. The van der Waals surface area contributed by atoms with Crippen LogP contribution in [0.1, 0.15) is 31.9 Å². The third kappa shape index (κ3) is 6.23. The maximum Gasteiger partial charge on any atom is 0.410 e. The zero-order chi connectivity index (χ0) is 25.9. The van der Waals surface area contributed by atoms with E-state index < -0.39 is 35.7 Å². The van der Waals surface area contributed by atoms with Crippen LogP contribution in [0.2, 0.25) is 0 Å². The monoisotopic (exact) mass is 484 g/mol. The fourth-order valence-electron chi connectivity index (χ4n) is 3.79. The van der Waals surface area contributed by atoms with Gasteiger partial charge in [-0.05, 0) is 56.2 Å². The number of phenols is 1. The molecule has 4 bridgehead atoms. The van der Waals surface area contributed by atoms with Gasteiger partial charge in [0.15, 0.2) is 11.5 Å². The molecule has 0 spiro atoms. The Hall–Kier alpha value is -3.75. The van der Waals surface area contributed by atoms with Gasteiger partial charge in [0.05, 0.1) is 7.11 Å². The van der Waals surface area contributed by atoms with E-state index in [2.05, 4.69) is 0 Å². The second kappa shape index (κ2) is 10.2. The van der Waals surface area contributed by atoms with Gasteiger partial charge in [-0.1, -0.05) is 18.2 Å². The summed E-state index contributed by atoms with van der Waals surface area (Å²) in [4.78, 5) is 41.9. The van der Waals surface area contributed by atoms with E-state index in [1.54, 1.807) is 57.2 Å². The lowest BCUT2D eigenvalue weighted by molar-refractivity contribution is -0.153. The molecular formula is C26H32N2O7. The molecular weight excluding hydrogens is 452 g/mol. The maximum atomic E-state index is 13.7. The van der Waals surface area contributed by atoms with E-state index in [0.717, 1.165) is 5.56 Å². The molecule has 9 nitrogen and oxygen atoms in total. The third-order valence-electron chi connectivity index (χ3n) is 5.76. The average molecular weight is 485 g/mol. The van der Waals surface area contributed by atoms with Crippen LogP contribution in [-0.4, -0.2) is 71.8 Å². The minimum atomic E-state index is -0.969. The Bertz CT molecular complexity index is 1090. The Morgan fingerprint density at radius 1 is 1.09 bits per heavy atom. The lowest BCUT2D eigenvalue weighted by Crippen LogP contribution is -2.55. The van der Waals surface area contributed by atoms with Crippen LogP contribution in [0.4, 0.5) is 4.79 Å². The van der Waals surface area contributed by atoms with E-state index in [-0.39, 0.29) is 24.3 Å². The van der Waals surface area contributed by atoms with Crippen molar-refractivity contribution in [3.63, 3.8) is 0 Å². The smallest absolute Gasteiger partial charge is 0.410 e. The Kier molecular flexibility index (Phi) is 7.57. The summed E-state index contributed by atoms with van der Waals surface area (Å²) in [5.74, 6) is -0.380. The predicted octanol–water partition coefficient (Wildman–Crippen LogP) is 3.52. The number of carbonyl (C=O) groups excluding carboxylic acids is 3. The SMILES string of the molecule is COC(=O)[C@H]1Cc2ccc(O)c(c2)Oc2ccc(cc2)C[C@H](N(C)C(=O)OC(C)(C)C)C(=O)N1C. The molecule has 188 valence electrons. The first-order valence-electron chi connectivity index (χ1n) is 11.3. The van der Waals surface area contributed by atoms with Gasteiger partial charge in [0.25, 0.3) is 0 Å². The molecule has 0 fully saturated rings. The Morgan fingerprint density at radius 2 is 1.71 bits per heavy atom. The first-order chi connectivity index (χ1) is 16.4. The summed E-state index contributed by atoms with van der Waals surface area (Å²) in [6.45, 7) is 5.24. The number of esters is 1. The number of amides is 2. The van der Waals surface area contributed by atoms with Gasteiger partial charge in [0, 0.05) is 26.9 Å². The van der Waals surface area contributed by atoms with Crippen molar-refractivity contribution in [3.05, 3.63) is 53.6 Å². The van der Waals surface area contributed by atoms with Crippen molar-refractivity contribution in [2.45, 2.75) is 51.3 Å². The van der Waals surface area contributed by atoms with Crippen LogP contribution in [-0.2, 0) is 31.9 Å². The minimum absolute atomic E-state index is 0.0528. The molecule has 2 amide bonds. The van der Waals surface area contributed by atoms with Gasteiger partial charge >= 0.3 is 12.1 Å². The van der Waals surface area contributed by atoms with Crippen molar-refractivity contribution in [2.75, 3.05) is 21.2 Å². The molecule has 0 radical (unpaired) electrons. The molecule has 1 N–H and O–H groups in total. The van der Waals surface area contributed by atoms with Gasteiger partial charge < -0.3 is 24.2 Å². The summed E-state index contributed by atoms with van der Waals surface area (Å²) < 4.78 is 16.3. The van der Waals surface area contributed by atoms with Crippen molar-refractivity contribution >= 4 is 18.0 Å². The first kappa shape index (κ1) is 25.9. The zero-order valence-electron chi connectivity index (χ0n) is 20.9. The molecule has 0 aliphatic carbocycles. The van der Waals surface area contributed by atoms with Crippen LogP contribution in [0.15, 0.2) is 42.5 Å². The lowest BCUT2D eigenvalue weighted by atomic mass is 10.00. The molecule has 2 aliphatic rings. The van der Waals surface area contributed by atoms with E-state index in [9.17, 15) is 19.5 Å². The molecule has 0 saturated carbocycles. The van der Waals surface area contributed by atoms with Gasteiger partial charge in [0.2, 0.25) is 5.91 Å². The number of benzene rings is 2. The average Bonchev–Trinajstić information content (AvgIpc) is 2.80. The van der Waals surface area contributed by atoms with Crippen LogP contribution >= 0.6 is 0 Å². The highest BCUT2D eigenvalue weighted by atomic mass is 16.6. The maximum absolute atomic E-state index is 13.7. The summed E-state index contributed by atoms with van der Waals surface area (Å²) in [6.07, 6.45) is -0.349. The summed E-state index contributed by atoms with van der Waals surface area (Å²) in [6, 6.07) is 9.84. The molecule has 2 atom stereocenters. The number of carbonyl (C=O) groups is 3. The van der Waals surface area contributed by atoms with E-state index >= 15 is 0 Å². The van der Waals surface area contributed by atoms with E-state index in [1.807, 2.05) is 0 Å². The Labute approximate surface area is 205 Å². The standard InChI is InChI=1S/C26H32N2O7/c1-26(2,3)35-25(32)28(5)19-13-16-7-10-18(11-8-16)34-22-15-17(9-12-21(22)29)14-20(24(31)33-6)27(4)23(19)30/h7-12,15,19-20,29H,13-14H2,1-6H3/t19-,20+/m0/s1. The van der Waals surface area contributed by atoms with Gasteiger partial charge in [-0.15, -0.1) is 0 Å². The second-order valence-electron chi connectivity index (χ2n) is 9.55. The largest absolute Gasteiger partial charge is 0.504 e. The fourth-order valence-corrected chi connectivity index (χ4v) is 3.79. The summed E-state index contributed by atoms with van der Waals surface area (Å²) in [5, 5.41) is 10.2. The first-order valence-corrected chi connectivity index (χ1v) is 11.3. The van der Waals surface area contributed by atoms with Crippen LogP contribution < -0.4 is 4.74 Å². The number of hydrogen-bond acceptors (Lipinski definition) is 7. The highest BCUT2D eigenvalue weighted by Gasteiger charge is 2.37. The number of nitrogens with zero attached hydrogens (tertiary/aromatic N) is 2. The van der Waals surface area contributed by atoms with Crippen LogP contribution in [0.5, 0.6) is 17.2 Å². The van der Waals surface area contributed by atoms with Gasteiger partial charge in [-0.25, -0.2) is 9.59 Å². The van der Waals surface area contributed by atoms with Crippen LogP contribution in [0.3, 0.4) is 0 Å². The lowest BCUT2D eigenvalue weighted by Gasteiger charge is -2.35. The highest BCUT2D eigenvalue weighted by molar-refractivity contribution is 5.90. The van der Waals surface area contributed by atoms with Crippen LogP contribution in [0.25, 0.3) is 0 Å². The number of ether oxygens (including phenoxy) is 3. The van der Waals surface area contributed by atoms with E-state index in [1.165, 1.54) is 37.1 Å². The van der Waals surface area contributed by atoms with Gasteiger partial charge in [-0.2, -0.15) is 0 Å². The van der Waals surface area contributed by atoms with Crippen molar-refractivity contribution in [1.82, 2.24) is 9.80 Å². The Balaban J connectivity index is 2.07.